The molecule has 32 heavy (non-hydrogen) atoms. The van der Waals surface area contributed by atoms with Crippen LogP contribution < -0.4 is 15.4 Å². The summed E-state index contributed by atoms with van der Waals surface area (Å²) in [6.45, 7) is 1.93. The number of carbonyl (C=O) groups is 1. The Morgan fingerprint density at radius 3 is 2.75 bits per heavy atom. The molecule has 4 rings (SSSR count). The van der Waals surface area contributed by atoms with E-state index in [0.717, 1.165) is 20.4 Å². The average molecular weight is 578 g/mol. The molecule has 162 valence electrons. The fraction of sp³-hybridized carbons (Fsp3) is 0.0870. The highest BCUT2D eigenvalue weighted by Gasteiger charge is 2.15. The fourth-order valence-corrected chi connectivity index (χ4v) is 3.94. The first-order valence-corrected chi connectivity index (χ1v) is 11.3. The summed E-state index contributed by atoms with van der Waals surface area (Å²) in [5.74, 6) is 0.794. The van der Waals surface area contributed by atoms with Crippen molar-refractivity contribution in [2.75, 3.05) is 12.4 Å². The molecule has 6 nitrogen and oxygen atoms in total. The molecule has 0 bridgehead atoms. The first-order chi connectivity index (χ1) is 15.3. The highest BCUT2D eigenvalue weighted by atomic mass is 127. The standard InChI is InChI=1S/C23H17ClIN3O3S/c1-12-3-4-13(22-26-19-11-15(30-2)6-8-20(19)31-22)9-18(12)27-23(32)28-21(29)16-10-14(25)5-7-17(16)24/h3-11H,1-2H3,(H2,27,28,29,32). The number of ether oxygens (including phenoxy) is 1. The van der Waals surface area contributed by atoms with E-state index in [0.29, 0.717) is 33.3 Å². The molecule has 0 aliphatic carbocycles. The number of nitrogens with zero attached hydrogens (tertiary/aromatic N) is 1. The third-order valence-corrected chi connectivity index (χ3v) is 5.93. The van der Waals surface area contributed by atoms with Crippen molar-refractivity contribution in [3.05, 3.63) is 74.3 Å². The quantitative estimate of drug-likeness (QED) is 0.222. The second-order valence-electron chi connectivity index (χ2n) is 6.91. The highest BCUT2D eigenvalue weighted by Crippen LogP contribution is 2.29. The number of benzene rings is 3. The van der Waals surface area contributed by atoms with Crippen LogP contribution in [0.1, 0.15) is 15.9 Å². The predicted molar refractivity (Wildman–Crippen MR) is 139 cm³/mol. The number of halogens is 2. The number of carbonyl (C=O) groups excluding carboxylic acids is 1. The summed E-state index contributed by atoms with van der Waals surface area (Å²) in [7, 11) is 1.61. The van der Waals surface area contributed by atoms with E-state index in [-0.39, 0.29) is 11.0 Å². The van der Waals surface area contributed by atoms with Gasteiger partial charge in [-0.15, -0.1) is 0 Å². The Balaban J connectivity index is 1.54. The Hall–Kier alpha value is -2.69. The minimum Gasteiger partial charge on any atom is -0.497 e. The van der Waals surface area contributed by atoms with Gasteiger partial charge in [0, 0.05) is 20.9 Å². The molecule has 2 N–H and O–H groups in total. The summed E-state index contributed by atoms with van der Waals surface area (Å²) in [6.07, 6.45) is 0. The van der Waals surface area contributed by atoms with Crippen LogP contribution in [0.15, 0.2) is 59.0 Å². The Morgan fingerprint density at radius 1 is 1.16 bits per heavy atom. The van der Waals surface area contributed by atoms with Crippen LogP contribution >= 0.6 is 46.4 Å². The lowest BCUT2D eigenvalue weighted by atomic mass is 10.1. The third-order valence-electron chi connectivity index (χ3n) is 4.73. The van der Waals surface area contributed by atoms with Crippen LogP contribution in [-0.2, 0) is 0 Å². The van der Waals surface area contributed by atoms with Gasteiger partial charge < -0.3 is 14.5 Å². The number of rotatable bonds is 4. The number of fused-ring (bicyclic) bond motifs is 1. The van der Waals surface area contributed by atoms with Crippen molar-refractivity contribution < 1.29 is 13.9 Å². The van der Waals surface area contributed by atoms with Crippen LogP contribution in [0.2, 0.25) is 5.02 Å². The van der Waals surface area contributed by atoms with E-state index in [1.165, 1.54) is 0 Å². The second-order valence-corrected chi connectivity index (χ2v) is 8.98. The van der Waals surface area contributed by atoms with Crippen LogP contribution in [0.5, 0.6) is 5.75 Å². The Kier molecular flexibility index (Phi) is 6.63. The van der Waals surface area contributed by atoms with E-state index in [2.05, 4.69) is 38.2 Å². The zero-order valence-electron chi connectivity index (χ0n) is 17.0. The molecule has 1 aromatic heterocycles. The molecule has 0 aliphatic rings. The minimum absolute atomic E-state index is 0.160. The molecular formula is C23H17ClIN3O3S. The predicted octanol–water partition coefficient (Wildman–Crippen LogP) is 6.20. The molecule has 0 atom stereocenters. The first-order valence-electron chi connectivity index (χ1n) is 9.47. The Labute approximate surface area is 208 Å². The largest absolute Gasteiger partial charge is 0.497 e. The number of methoxy groups -OCH3 is 1. The van der Waals surface area contributed by atoms with Crippen molar-refractivity contribution in [3.8, 4) is 17.2 Å². The van der Waals surface area contributed by atoms with Gasteiger partial charge in [-0.2, -0.15) is 0 Å². The van der Waals surface area contributed by atoms with E-state index in [1.807, 2.05) is 49.4 Å². The number of amides is 1. The van der Waals surface area contributed by atoms with Crippen LogP contribution in [0.3, 0.4) is 0 Å². The van der Waals surface area contributed by atoms with Gasteiger partial charge in [-0.3, -0.25) is 10.1 Å². The number of aromatic nitrogens is 1. The van der Waals surface area contributed by atoms with Crippen LogP contribution in [0.25, 0.3) is 22.6 Å². The van der Waals surface area contributed by atoms with Crippen molar-refractivity contribution in [3.63, 3.8) is 0 Å². The number of hydrogen-bond acceptors (Lipinski definition) is 5. The molecule has 0 spiro atoms. The van der Waals surface area contributed by atoms with Crippen molar-refractivity contribution in [2.45, 2.75) is 6.92 Å². The summed E-state index contributed by atoms with van der Waals surface area (Å²) in [4.78, 5) is 17.1. The van der Waals surface area contributed by atoms with Gasteiger partial charge >= 0.3 is 0 Å². The molecule has 0 aliphatic heterocycles. The SMILES string of the molecule is COc1ccc2oc(-c3ccc(C)c(NC(=S)NC(=O)c4cc(I)ccc4Cl)c3)nc2c1. The number of thiocarbonyl (C=S) groups is 1. The normalized spacial score (nSPS) is 10.8. The van der Waals surface area contributed by atoms with Crippen molar-refractivity contribution in [1.29, 1.82) is 0 Å². The molecule has 9 heteroatoms. The molecule has 3 aromatic carbocycles. The topological polar surface area (TPSA) is 76.4 Å². The number of aryl methyl sites for hydroxylation is 1. The molecule has 1 amide bonds. The summed E-state index contributed by atoms with van der Waals surface area (Å²) >= 11 is 13.6. The molecular weight excluding hydrogens is 561 g/mol. The summed E-state index contributed by atoms with van der Waals surface area (Å²) < 4.78 is 12.0. The molecule has 0 unspecified atom stereocenters. The monoisotopic (exact) mass is 577 g/mol. The minimum atomic E-state index is -0.382. The number of nitrogens with one attached hydrogen (secondary N) is 2. The van der Waals surface area contributed by atoms with Gasteiger partial charge in [-0.25, -0.2) is 4.98 Å². The Morgan fingerprint density at radius 2 is 1.97 bits per heavy atom. The van der Waals surface area contributed by atoms with Gasteiger partial charge in [0.2, 0.25) is 5.89 Å². The molecule has 0 saturated carbocycles. The Bertz CT molecular complexity index is 1360. The average Bonchev–Trinajstić information content (AvgIpc) is 3.20. The lowest BCUT2D eigenvalue weighted by Gasteiger charge is -2.13. The fourth-order valence-electron chi connectivity index (χ4n) is 3.04. The maximum atomic E-state index is 12.6. The van der Waals surface area contributed by atoms with Crippen LogP contribution in [0, 0.1) is 10.5 Å². The van der Waals surface area contributed by atoms with Crippen molar-refractivity contribution in [2.24, 2.45) is 0 Å². The first kappa shape index (κ1) is 22.5. The van der Waals surface area contributed by atoms with E-state index in [1.54, 1.807) is 19.2 Å². The van der Waals surface area contributed by atoms with E-state index < -0.39 is 0 Å². The van der Waals surface area contributed by atoms with Gasteiger partial charge in [0.05, 0.1) is 17.7 Å². The van der Waals surface area contributed by atoms with Gasteiger partial charge in [0.15, 0.2) is 10.7 Å². The summed E-state index contributed by atoms with van der Waals surface area (Å²) in [5, 5.41) is 6.26. The van der Waals surface area contributed by atoms with E-state index in [9.17, 15) is 4.79 Å². The number of oxazole rings is 1. The lowest BCUT2D eigenvalue weighted by Crippen LogP contribution is -2.34. The smallest absolute Gasteiger partial charge is 0.258 e. The molecule has 1 heterocycles. The van der Waals surface area contributed by atoms with Crippen LogP contribution in [0.4, 0.5) is 5.69 Å². The molecule has 4 aromatic rings. The third kappa shape index (κ3) is 4.87. The van der Waals surface area contributed by atoms with Gasteiger partial charge in [-0.1, -0.05) is 17.7 Å². The van der Waals surface area contributed by atoms with Crippen LogP contribution in [-0.4, -0.2) is 23.1 Å². The van der Waals surface area contributed by atoms with E-state index in [4.69, 9.17) is 33.0 Å². The molecule has 0 radical (unpaired) electrons. The number of hydrogen-bond donors (Lipinski definition) is 2. The lowest BCUT2D eigenvalue weighted by molar-refractivity contribution is 0.0978. The van der Waals surface area contributed by atoms with Gasteiger partial charge in [0.25, 0.3) is 5.91 Å². The molecule has 0 saturated heterocycles. The van der Waals surface area contributed by atoms with Gasteiger partial charge in [0.1, 0.15) is 11.3 Å². The zero-order valence-corrected chi connectivity index (χ0v) is 20.8. The van der Waals surface area contributed by atoms with Crippen molar-refractivity contribution >= 4 is 74.2 Å². The van der Waals surface area contributed by atoms with Crippen molar-refractivity contribution in [1.82, 2.24) is 10.3 Å². The second kappa shape index (κ2) is 9.43. The summed E-state index contributed by atoms with van der Waals surface area (Å²) in [5.41, 5.74) is 4.15. The number of anilines is 1. The summed E-state index contributed by atoms with van der Waals surface area (Å²) in [6, 6.07) is 16.4. The highest BCUT2D eigenvalue weighted by molar-refractivity contribution is 14.1. The van der Waals surface area contributed by atoms with Gasteiger partial charge in [-0.05, 0) is 89.8 Å². The zero-order chi connectivity index (χ0) is 22.8. The molecule has 0 fully saturated rings. The van der Waals surface area contributed by atoms with E-state index >= 15 is 0 Å². The maximum Gasteiger partial charge on any atom is 0.258 e. The maximum absolute atomic E-state index is 12.6.